The lowest BCUT2D eigenvalue weighted by atomic mass is 10.1. The summed E-state index contributed by atoms with van der Waals surface area (Å²) in [5, 5.41) is 2.01. The van der Waals surface area contributed by atoms with Crippen LogP contribution >= 0.6 is 0 Å². The van der Waals surface area contributed by atoms with Crippen LogP contribution in [-0.2, 0) is 0 Å². The zero-order chi connectivity index (χ0) is 5.28. The second-order valence-corrected chi connectivity index (χ2v) is 1.12. The molecular formula is C3H2BNO2. The van der Waals surface area contributed by atoms with Gasteiger partial charge in [0.2, 0.25) is 0 Å². The largest absolute Gasteiger partial charge is 0.396 e. The van der Waals surface area contributed by atoms with Crippen molar-refractivity contribution in [3.63, 3.8) is 0 Å². The van der Waals surface area contributed by atoms with Gasteiger partial charge in [-0.05, 0) is 0 Å². The maximum Gasteiger partial charge on any atom is 0.279 e. The van der Waals surface area contributed by atoms with Crippen molar-refractivity contribution < 1.29 is 4.52 Å². The first-order valence-corrected chi connectivity index (χ1v) is 1.73. The molecule has 0 unspecified atom stereocenters. The summed E-state index contributed by atoms with van der Waals surface area (Å²) in [7, 11) is 4.98. The lowest BCUT2D eigenvalue weighted by molar-refractivity contribution is 0.439. The van der Waals surface area contributed by atoms with Crippen molar-refractivity contribution >= 4 is 13.5 Å². The summed E-state index contributed by atoms with van der Waals surface area (Å²) >= 11 is 0. The van der Waals surface area contributed by atoms with E-state index in [-0.39, 0.29) is 11.2 Å². The van der Waals surface area contributed by atoms with Crippen LogP contribution in [0, 0.1) is 0 Å². The molecule has 0 fully saturated rings. The molecule has 1 aromatic heterocycles. The Morgan fingerprint density at radius 2 is 2.57 bits per heavy atom. The van der Waals surface area contributed by atoms with E-state index in [1.165, 1.54) is 6.07 Å². The molecule has 4 heteroatoms. The second-order valence-electron chi connectivity index (χ2n) is 1.12. The van der Waals surface area contributed by atoms with Gasteiger partial charge in [-0.15, -0.1) is 0 Å². The Labute approximate surface area is 40.7 Å². The monoisotopic (exact) mass is 95.0 g/mol. The number of hydrogen-bond donors (Lipinski definition) is 1. The van der Waals surface area contributed by atoms with E-state index in [0.717, 1.165) is 0 Å². The predicted molar refractivity (Wildman–Crippen MR) is 24.7 cm³/mol. The molecule has 0 aromatic carbocycles. The average Bonchev–Trinajstić information content (AvgIpc) is 1.87. The Hall–Kier alpha value is -0.925. The van der Waals surface area contributed by atoms with Gasteiger partial charge in [-0.3, -0.25) is 4.79 Å². The molecule has 3 nitrogen and oxygen atoms in total. The van der Waals surface area contributed by atoms with E-state index in [4.69, 9.17) is 7.85 Å². The maximum absolute atomic E-state index is 10.1. The molecule has 1 N–H and O–H groups in total. The Bertz CT molecular complexity index is 201. The highest BCUT2D eigenvalue weighted by atomic mass is 16.5. The van der Waals surface area contributed by atoms with Crippen LogP contribution in [0.15, 0.2) is 15.4 Å². The third kappa shape index (κ3) is 0.736. The SMILES string of the molecule is [B]c1cc(=O)[nH]o1. The van der Waals surface area contributed by atoms with Gasteiger partial charge in [-0.2, -0.15) is 5.16 Å². The first kappa shape index (κ1) is 4.24. The second kappa shape index (κ2) is 1.29. The molecule has 0 saturated carbocycles. The zero-order valence-corrected chi connectivity index (χ0v) is 3.47. The Balaban J connectivity index is 3.30. The maximum atomic E-state index is 10.1. The van der Waals surface area contributed by atoms with E-state index in [9.17, 15) is 4.79 Å². The van der Waals surface area contributed by atoms with Gasteiger partial charge in [0.25, 0.3) is 5.56 Å². The van der Waals surface area contributed by atoms with E-state index in [1.807, 2.05) is 5.16 Å². The highest BCUT2D eigenvalue weighted by Crippen LogP contribution is 1.57. The minimum Gasteiger partial charge on any atom is -0.396 e. The molecule has 0 aliphatic heterocycles. The first-order valence-electron chi connectivity index (χ1n) is 1.73. The molecule has 0 atom stereocenters. The number of aromatic amines is 1. The molecule has 0 bridgehead atoms. The van der Waals surface area contributed by atoms with Crippen molar-refractivity contribution in [3.8, 4) is 0 Å². The Kier molecular flexibility index (Phi) is 0.783. The minimum atomic E-state index is -0.308. The van der Waals surface area contributed by atoms with Crippen LogP contribution in [0.25, 0.3) is 0 Å². The Morgan fingerprint density at radius 3 is 2.71 bits per heavy atom. The van der Waals surface area contributed by atoms with Crippen LogP contribution in [0.3, 0.4) is 0 Å². The fraction of sp³-hybridized carbons (Fsp3) is 0. The third-order valence-corrected chi connectivity index (χ3v) is 0.543. The molecule has 0 aliphatic carbocycles. The smallest absolute Gasteiger partial charge is 0.279 e. The summed E-state index contributed by atoms with van der Waals surface area (Å²) in [6.45, 7) is 0. The summed E-state index contributed by atoms with van der Waals surface area (Å²) in [6.07, 6.45) is 0. The highest BCUT2D eigenvalue weighted by Gasteiger charge is 1.85. The van der Waals surface area contributed by atoms with Gasteiger partial charge in [0, 0.05) is 6.07 Å². The minimum absolute atomic E-state index is 0.116. The molecule has 2 radical (unpaired) electrons. The molecule has 7 heavy (non-hydrogen) atoms. The van der Waals surface area contributed by atoms with Gasteiger partial charge < -0.3 is 4.52 Å². The normalized spacial score (nSPS) is 9.14. The van der Waals surface area contributed by atoms with Crippen molar-refractivity contribution in [3.05, 3.63) is 16.4 Å². The van der Waals surface area contributed by atoms with Crippen LogP contribution in [0.1, 0.15) is 0 Å². The van der Waals surface area contributed by atoms with Crippen molar-refractivity contribution in [1.82, 2.24) is 5.16 Å². The molecule has 1 rings (SSSR count). The first-order chi connectivity index (χ1) is 3.29. The molecule has 0 amide bonds. The van der Waals surface area contributed by atoms with Crippen LogP contribution in [-0.4, -0.2) is 13.0 Å². The van der Waals surface area contributed by atoms with Gasteiger partial charge in [-0.1, -0.05) is 0 Å². The number of aromatic nitrogens is 1. The third-order valence-electron chi connectivity index (χ3n) is 0.543. The summed E-state index contributed by atoms with van der Waals surface area (Å²) in [4.78, 5) is 10.1. The quantitative estimate of drug-likeness (QED) is 0.409. The lowest BCUT2D eigenvalue weighted by Gasteiger charge is -1.67. The van der Waals surface area contributed by atoms with Crippen LogP contribution in [0.5, 0.6) is 0 Å². The van der Waals surface area contributed by atoms with Gasteiger partial charge >= 0.3 is 0 Å². The van der Waals surface area contributed by atoms with Gasteiger partial charge in [0.1, 0.15) is 0 Å². The van der Waals surface area contributed by atoms with E-state index >= 15 is 0 Å². The van der Waals surface area contributed by atoms with Gasteiger partial charge in [0.15, 0.2) is 7.85 Å². The highest BCUT2D eigenvalue weighted by molar-refractivity contribution is 6.29. The lowest BCUT2D eigenvalue weighted by Crippen LogP contribution is -1.98. The molecule has 1 aromatic rings. The number of rotatable bonds is 0. The van der Waals surface area contributed by atoms with Gasteiger partial charge in [0.05, 0.1) is 5.66 Å². The summed E-state index contributed by atoms with van der Waals surface area (Å²) < 4.78 is 4.30. The topological polar surface area (TPSA) is 46.0 Å². The number of nitrogens with one attached hydrogen (secondary N) is 1. The van der Waals surface area contributed by atoms with E-state index in [1.54, 1.807) is 0 Å². The molecule has 0 spiro atoms. The molecule has 0 aliphatic rings. The zero-order valence-electron chi connectivity index (χ0n) is 3.47. The van der Waals surface area contributed by atoms with Crippen molar-refractivity contribution in [2.45, 2.75) is 0 Å². The van der Waals surface area contributed by atoms with Crippen LogP contribution in [0.4, 0.5) is 0 Å². The van der Waals surface area contributed by atoms with E-state index in [2.05, 4.69) is 4.52 Å². The summed E-state index contributed by atoms with van der Waals surface area (Å²) in [6, 6.07) is 1.17. The van der Waals surface area contributed by atoms with Crippen LogP contribution < -0.4 is 11.2 Å². The fourth-order valence-electron chi connectivity index (χ4n) is 0.297. The molecular weight excluding hydrogens is 92.8 g/mol. The van der Waals surface area contributed by atoms with Crippen molar-refractivity contribution in [2.75, 3.05) is 0 Å². The summed E-state index contributed by atoms with van der Waals surface area (Å²) in [5.74, 6) is 0. The Morgan fingerprint density at radius 1 is 1.86 bits per heavy atom. The molecule has 1 heterocycles. The summed E-state index contributed by atoms with van der Waals surface area (Å²) in [5.41, 5.74) is -0.192. The van der Waals surface area contributed by atoms with Crippen LogP contribution in [0.2, 0.25) is 0 Å². The van der Waals surface area contributed by atoms with E-state index < -0.39 is 0 Å². The fourth-order valence-corrected chi connectivity index (χ4v) is 0.297. The van der Waals surface area contributed by atoms with Gasteiger partial charge in [-0.25, -0.2) is 0 Å². The van der Waals surface area contributed by atoms with Crippen molar-refractivity contribution in [2.24, 2.45) is 0 Å². The standard InChI is InChI=1S/C3H2BNO2/c4-2-1-3(6)5-7-2/h1H,(H,5,6). The van der Waals surface area contributed by atoms with E-state index in [0.29, 0.717) is 0 Å². The number of H-pyrrole nitrogens is 1. The predicted octanol–water partition coefficient (Wildman–Crippen LogP) is -1.24. The number of hydrogen-bond acceptors (Lipinski definition) is 2. The molecule has 34 valence electrons. The molecule has 0 saturated heterocycles. The average molecular weight is 94.9 g/mol. The van der Waals surface area contributed by atoms with Crippen molar-refractivity contribution in [1.29, 1.82) is 0 Å².